The highest BCUT2D eigenvalue weighted by Gasteiger charge is 2.34. The molecule has 1 aromatic heterocycles. The lowest BCUT2D eigenvalue weighted by molar-refractivity contribution is -0.110. The molecule has 0 aliphatic carbocycles. The molecule has 0 aliphatic heterocycles. The van der Waals surface area contributed by atoms with Crippen LogP contribution < -0.4 is 10.9 Å². The van der Waals surface area contributed by atoms with Gasteiger partial charge in [0, 0.05) is 12.3 Å². The molecule has 5 nitrogen and oxygen atoms in total. The van der Waals surface area contributed by atoms with Crippen molar-refractivity contribution in [3.05, 3.63) is 28.9 Å². The maximum Gasteiger partial charge on any atom is 0.255 e. The van der Waals surface area contributed by atoms with Crippen molar-refractivity contribution >= 4 is 41.2 Å². The van der Waals surface area contributed by atoms with Crippen molar-refractivity contribution in [1.82, 2.24) is 14.9 Å². The number of nitrogens with zero attached hydrogens (tertiary/aromatic N) is 2. The lowest BCUT2D eigenvalue weighted by Crippen LogP contribution is -2.41. The molecule has 0 saturated heterocycles. The van der Waals surface area contributed by atoms with E-state index in [2.05, 4.69) is 10.3 Å². The minimum Gasteiger partial charge on any atom is -0.334 e. The molecule has 0 spiro atoms. The third-order valence-electron chi connectivity index (χ3n) is 1.56. The van der Waals surface area contributed by atoms with Gasteiger partial charge in [0.2, 0.25) is 10.2 Å². The van der Waals surface area contributed by atoms with Gasteiger partial charge in [-0.15, -0.1) is 0 Å². The Kier molecular flexibility index (Phi) is 3.96. The van der Waals surface area contributed by atoms with E-state index >= 15 is 0 Å². The van der Waals surface area contributed by atoms with Crippen LogP contribution in [0.5, 0.6) is 0 Å². The van der Waals surface area contributed by atoms with Crippen molar-refractivity contribution in [2.24, 2.45) is 0 Å². The summed E-state index contributed by atoms with van der Waals surface area (Å²) in [5.74, 6) is 0. The van der Waals surface area contributed by atoms with Crippen LogP contribution >= 0.6 is 34.8 Å². The van der Waals surface area contributed by atoms with Crippen LogP contribution in [0.25, 0.3) is 0 Å². The van der Waals surface area contributed by atoms with Gasteiger partial charge < -0.3 is 5.32 Å². The standard InChI is InChI=1S/C7H6Cl3N3O2/c8-7(9,10)6(12-4-14)13-3-11-2-1-5(13)15/h1-4,6H,(H,12,14)/t6-/m0/s1. The van der Waals surface area contributed by atoms with Crippen LogP contribution in [-0.2, 0) is 4.79 Å². The molecule has 82 valence electrons. The first-order valence-electron chi connectivity index (χ1n) is 3.75. The molecule has 1 N–H and O–H groups in total. The molecule has 1 heterocycles. The lowest BCUT2D eigenvalue weighted by Gasteiger charge is -2.24. The largest absolute Gasteiger partial charge is 0.334 e. The van der Waals surface area contributed by atoms with E-state index in [0.717, 1.165) is 4.57 Å². The van der Waals surface area contributed by atoms with E-state index < -0.39 is 15.5 Å². The lowest BCUT2D eigenvalue weighted by atomic mass is 10.5. The van der Waals surface area contributed by atoms with Crippen molar-refractivity contribution < 1.29 is 4.79 Å². The molecule has 0 saturated carbocycles. The van der Waals surface area contributed by atoms with Crippen LogP contribution in [0.3, 0.4) is 0 Å². The summed E-state index contributed by atoms with van der Waals surface area (Å²) >= 11 is 16.8. The van der Waals surface area contributed by atoms with Crippen LogP contribution in [-0.4, -0.2) is 19.8 Å². The van der Waals surface area contributed by atoms with Crippen LogP contribution in [0.15, 0.2) is 23.4 Å². The zero-order valence-electron chi connectivity index (χ0n) is 7.23. The maximum atomic E-state index is 11.4. The van der Waals surface area contributed by atoms with Gasteiger partial charge in [-0.3, -0.25) is 14.2 Å². The topological polar surface area (TPSA) is 64.0 Å². The molecular formula is C7H6Cl3N3O2. The van der Waals surface area contributed by atoms with Gasteiger partial charge in [0.1, 0.15) is 0 Å². The average molecular weight is 271 g/mol. The highest BCUT2D eigenvalue weighted by atomic mass is 35.6. The van der Waals surface area contributed by atoms with Crippen molar-refractivity contribution in [2.75, 3.05) is 0 Å². The Bertz CT molecular complexity index is 401. The number of amides is 1. The predicted octanol–water partition coefficient (Wildman–Crippen LogP) is 0.858. The average Bonchev–Trinajstić information content (AvgIpc) is 2.14. The summed E-state index contributed by atoms with van der Waals surface area (Å²) in [5, 5.41) is 2.23. The fourth-order valence-electron chi connectivity index (χ4n) is 0.951. The number of hydrogen-bond donors (Lipinski definition) is 1. The Morgan fingerprint density at radius 1 is 1.53 bits per heavy atom. The molecule has 0 aliphatic rings. The minimum absolute atomic E-state index is 0.339. The Hall–Kier alpha value is -0.780. The Morgan fingerprint density at radius 2 is 2.20 bits per heavy atom. The van der Waals surface area contributed by atoms with Crippen LogP contribution in [0.1, 0.15) is 6.17 Å². The molecule has 0 radical (unpaired) electrons. The third kappa shape index (κ3) is 3.09. The number of hydrogen-bond acceptors (Lipinski definition) is 3. The monoisotopic (exact) mass is 269 g/mol. The van der Waals surface area contributed by atoms with Gasteiger partial charge in [-0.25, -0.2) is 4.98 Å². The van der Waals surface area contributed by atoms with E-state index in [-0.39, 0.29) is 0 Å². The fourth-order valence-corrected chi connectivity index (χ4v) is 1.46. The first-order valence-corrected chi connectivity index (χ1v) is 4.89. The van der Waals surface area contributed by atoms with E-state index in [0.29, 0.717) is 6.41 Å². The number of halogens is 3. The Balaban J connectivity index is 3.16. The zero-order chi connectivity index (χ0) is 11.5. The summed E-state index contributed by atoms with van der Waals surface area (Å²) in [5.41, 5.74) is -0.435. The molecule has 0 aromatic carbocycles. The normalized spacial score (nSPS) is 13.3. The van der Waals surface area contributed by atoms with Gasteiger partial charge in [-0.1, -0.05) is 34.8 Å². The molecule has 0 unspecified atom stereocenters. The summed E-state index contributed by atoms with van der Waals surface area (Å²) in [6.07, 6.45) is 1.72. The fraction of sp³-hybridized carbons (Fsp3) is 0.286. The summed E-state index contributed by atoms with van der Waals surface area (Å²) in [6.45, 7) is 0. The van der Waals surface area contributed by atoms with Gasteiger partial charge in [0.15, 0.2) is 6.17 Å². The van der Waals surface area contributed by atoms with E-state index in [1.54, 1.807) is 0 Å². The van der Waals surface area contributed by atoms with E-state index in [1.807, 2.05) is 0 Å². The third-order valence-corrected chi connectivity index (χ3v) is 2.18. The molecule has 8 heteroatoms. The predicted molar refractivity (Wildman–Crippen MR) is 57.0 cm³/mol. The second-order valence-electron chi connectivity index (χ2n) is 2.55. The summed E-state index contributed by atoms with van der Waals surface area (Å²) in [4.78, 5) is 25.4. The molecule has 1 rings (SSSR count). The summed E-state index contributed by atoms with van der Waals surface area (Å²) in [7, 11) is 0. The molecule has 1 aromatic rings. The van der Waals surface area contributed by atoms with Crippen LogP contribution in [0.2, 0.25) is 0 Å². The van der Waals surface area contributed by atoms with Crippen molar-refractivity contribution in [3.63, 3.8) is 0 Å². The van der Waals surface area contributed by atoms with E-state index in [9.17, 15) is 9.59 Å². The Morgan fingerprint density at radius 3 is 2.67 bits per heavy atom. The SMILES string of the molecule is O=CN[C@@H](n1cnccc1=O)C(Cl)(Cl)Cl. The highest BCUT2D eigenvalue weighted by molar-refractivity contribution is 6.67. The number of alkyl halides is 3. The van der Waals surface area contributed by atoms with Gasteiger partial charge in [-0.2, -0.15) is 0 Å². The van der Waals surface area contributed by atoms with Crippen molar-refractivity contribution in [2.45, 2.75) is 9.96 Å². The van der Waals surface area contributed by atoms with Crippen LogP contribution in [0.4, 0.5) is 0 Å². The maximum absolute atomic E-state index is 11.4. The number of carbonyl (C=O) groups is 1. The summed E-state index contributed by atoms with van der Waals surface area (Å²) in [6, 6.07) is 1.19. The van der Waals surface area contributed by atoms with Crippen molar-refractivity contribution in [3.8, 4) is 0 Å². The minimum atomic E-state index is -1.84. The van der Waals surface area contributed by atoms with E-state index in [4.69, 9.17) is 34.8 Å². The molecule has 0 fully saturated rings. The van der Waals surface area contributed by atoms with Gasteiger partial charge in [-0.05, 0) is 0 Å². The number of aromatic nitrogens is 2. The molecule has 1 atom stereocenters. The van der Waals surface area contributed by atoms with Gasteiger partial charge in [0.05, 0.1) is 6.33 Å². The summed E-state index contributed by atoms with van der Waals surface area (Å²) < 4.78 is -0.824. The van der Waals surface area contributed by atoms with Crippen LogP contribution in [0, 0.1) is 0 Å². The molecule has 1 amide bonds. The van der Waals surface area contributed by atoms with Gasteiger partial charge >= 0.3 is 0 Å². The van der Waals surface area contributed by atoms with Crippen molar-refractivity contribution in [1.29, 1.82) is 0 Å². The zero-order valence-corrected chi connectivity index (χ0v) is 9.50. The van der Waals surface area contributed by atoms with Gasteiger partial charge in [0.25, 0.3) is 5.56 Å². The first-order chi connectivity index (χ1) is 6.96. The number of nitrogens with one attached hydrogen (secondary N) is 1. The molecule has 0 bridgehead atoms. The van der Waals surface area contributed by atoms with E-state index in [1.165, 1.54) is 18.6 Å². The second-order valence-corrected chi connectivity index (χ2v) is 4.92. The quantitative estimate of drug-likeness (QED) is 0.654. The smallest absolute Gasteiger partial charge is 0.255 e. The Labute approximate surface area is 100.0 Å². The first kappa shape index (κ1) is 12.3. The number of rotatable bonds is 3. The second kappa shape index (κ2) is 4.83. The highest BCUT2D eigenvalue weighted by Crippen LogP contribution is 2.35. The molecule has 15 heavy (non-hydrogen) atoms. The molecular weight excluding hydrogens is 264 g/mol. The number of carbonyl (C=O) groups excluding carboxylic acids is 1.